The monoisotopic (exact) mass is 573 g/mol. The molecule has 2 heterocycles. The minimum atomic E-state index is 0.853. The van der Waals surface area contributed by atoms with Crippen LogP contribution in [0.3, 0.4) is 0 Å². The van der Waals surface area contributed by atoms with Crippen molar-refractivity contribution >= 4 is 43.4 Å². The Kier molecular flexibility index (Phi) is 5.82. The van der Waals surface area contributed by atoms with Crippen molar-refractivity contribution < 1.29 is 0 Å². The third-order valence-corrected chi connectivity index (χ3v) is 8.84. The van der Waals surface area contributed by atoms with Crippen LogP contribution in [-0.2, 0) is 0 Å². The first-order chi connectivity index (χ1) is 22.3. The summed E-state index contributed by atoms with van der Waals surface area (Å²) >= 11 is 0. The maximum absolute atomic E-state index is 5.05. The van der Waals surface area contributed by atoms with E-state index in [0.29, 0.717) is 0 Å². The van der Waals surface area contributed by atoms with Gasteiger partial charge in [-0.25, -0.2) is 9.97 Å². The third-order valence-electron chi connectivity index (χ3n) is 8.84. The molecule has 0 fully saturated rings. The standard InChI is InChI=1S/C42H27N3/c1-2-12-31-27-32(25-20-28(31)11-1)41-35-15-5-3-13-33(35)40(34-14-4-6-16-36(34)41)29-21-23-30(24-22-29)42-44-37-17-7-8-18-38(37)45(42)39-19-9-10-26-43-39/h1-27H. The maximum Gasteiger partial charge on any atom is 0.146 e. The fourth-order valence-corrected chi connectivity index (χ4v) is 6.82. The van der Waals surface area contributed by atoms with Crippen molar-refractivity contribution in [3.05, 3.63) is 164 Å². The number of para-hydroxylation sites is 2. The number of hydrogen-bond donors (Lipinski definition) is 0. The molecule has 3 heteroatoms. The molecule has 3 nitrogen and oxygen atoms in total. The molecular formula is C42H27N3. The molecule has 0 spiro atoms. The molecule has 0 amide bonds. The normalized spacial score (nSPS) is 11.6. The molecule has 0 saturated carbocycles. The van der Waals surface area contributed by atoms with Gasteiger partial charge in [0.2, 0.25) is 0 Å². The molecule has 2 aromatic heterocycles. The average Bonchev–Trinajstić information content (AvgIpc) is 3.50. The number of aromatic nitrogens is 3. The van der Waals surface area contributed by atoms with Crippen LogP contribution in [0.25, 0.3) is 82.8 Å². The predicted molar refractivity (Wildman–Crippen MR) is 188 cm³/mol. The van der Waals surface area contributed by atoms with E-state index in [4.69, 9.17) is 4.98 Å². The van der Waals surface area contributed by atoms with E-state index in [1.54, 1.807) is 0 Å². The summed E-state index contributed by atoms with van der Waals surface area (Å²) in [7, 11) is 0. The van der Waals surface area contributed by atoms with Crippen molar-refractivity contribution in [2.45, 2.75) is 0 Å². The summed E-state index contributed by atoms with van der Waals surface area (Å²) in [5, 5.41) is 7.49. The van der Waals surface area contributed by atoms with Crippen LogP contribution in [0.4, 0.5) is 0 Å². The Hall–Kier alpha value is -6.06. The van der Waals surface area contributed by atoms with Crippen molar-refractivity contribution in [1.82, 2.24) is 14.5 Å². The first-order valence-electron chi connectivity index (χ1n) is 15.3. The number of pyridine rings is 1. The van der Waals surface area contributed by atoms with Gasteiger partial charge in [0.15, 0.2) is 0 Å². The Labute approximate surface area is 260 Å². The highest BCUT2D eigenvalue weighted by atomic mass is 15.1. The molecular weight excluding hydrogens is 546 g/mol. The topological polar surface area (TPSA) is 30.7 Å². The van der Waals surface area contributed by atoms with E-state index in [-0.39, 0.29) is 0 Å². The van der Waals surface area contributed by atoms with Crippen molar-refractivity contribution in [3.63, 3.8) is 0 Å². The molecule has 0 atom stereocenters. The highest BCUT2D eigenvalue weighted by Crippen LogP contribution is 2.44. The van der Waals surface area contributed by atoms with Gasteiger partial charge in [-0.15, -0.1) is 0 Å². The van der Waals surface area contributed by atoms with Gasteiger partial charge in [0.1, 0.15) is 11.6 Å². The van der Waals surface area contributed by atoms with Gasteiger partial charge in [0.05, 0.1) is 11.0 Å². The van der Waals surface area contributed by atoms with Crippen molar-refractivity contribution in [3.8, 4) is 39.5 Å². The zero-order valence-electron chi connectivity index (χ0n) is 24.4. The number of nitrogens with zero attached hydrogens (tertiary/aromatic N) is 3. The van der Waals surface area contributed by atoms with Gasteiger partial charge in [0, 0.05) is 11.8 Å². The molecule has 0 bridgehead atoms. The number of rotatable bonds is 4. The Morgan fingerprint density at radius 2 is 0.978 bits per heavy atom. The van der Waals surface area contributed by atoms with Crippen LogP contribution in [0.5, 0.6) is 0 Å². The Morgan fingerprint density at radius 1 is 0.422 bits per heavy atom. The summed E-state index contributed by atoms with van der Waals surface area (Å²) in [6, 6.07) is 56.1. The summed E-state index contributed by atoms with van der Waals surface area (Å²) in [5.74, 6) is 1.73. The van der Waals surface area contributed by atoms with Gasteiger partial charge in [-0.05, 0) is 84.9 Å². The van der Waals surface area contributed by atoms with Crippen LogP contribution < -0.4 is 0 Å². The first-order valence-corrected chi connectivity index (χ1v) is 15.3. The Morgan fingerprint density at radius 3 is 1.67 bits per heavy atom. The second kappa shape index (κ2) is 10.3. The Balaban J connectivity index is 1.25. The number of hydrogen-bond acceptors (Lipinski definition) is 2. The lowest BCUT2D eigenvalue weighted by molar-refractivity contribution is 1.03. The maximum atomic E-state index is 5.05. The molecule has 0 radical (unpaired) electrons. The SMILES string of the molecule is c1ccc(-n2c(-c3ccc(-c4c5ccccc5c(-c5ccc6ccccc6c5)c5ccccc45)cc3)nc3ccccc32)nc1. The molecule has 7 aromatic carbocycles. The molecule has 0 aliphatic heterocycles. The molecule has 0 unspecified atom stereocenters. The highest BCUT2D eigenvalue weighted by Gasteiger charge is 2.18. The molecule has 0 saturated heterocycles. The lowest BCUT2D eigenvalue weighted by atomic mass is 9.85. The number of benzene rings is 7. The van der Waals surface area contributed by atoms with E-state index in [9.17, 15) is 0 Å². The molecule has 210 valence electrons. The average molecular weight is 574 g/mol. The molecule has 0 N–H and O–H groups in total. The first kappa shape index (κ1) is 25.4. The fourth-order valence-electron chi connectivity index (χ4n) is 6.82. The summed E-state index contributed by atoms with van der Waals surface area (Å²) in [4.78, 5) is 9.72. The second-order valence-corrected chi connectivity index (χ2v) is 11.4. The van der Waals surface area contributed by atoms with E-state index < -0.39 is 0 Å². The van der Waals surface area contributed by atoms with E-state index in [0.717, 1.165) is 28.2 Å². The molecule has 9 rings (SSSR count). The molecule has 45 heavy (non-hydrogen) atoms. The van der Waals surface area contributed by atoms with Crippen molar-refractivity contribution in [2.75, 3.05) is 0 Å². The van der Waals surface area contributed by atoms with Crippen LogP contribution in [-0.4, -0.2) is 14.5 Å². The minimum absolute atomic E-state index is 0.853. The summed E-state index contributed by atoms with van der Waals surface area (Å²) < 4.78 is 2.15. The van der Waals surface area contributed by atoms with Crippen LogP contribution in [0.2, 0.25) is 0 Å². The van der Waals surface area contributed by atoms with E-state index in [1.165, 1.54) is 54.6 Å². The van der Waals surface area contributed by atoms with E-state index in [2.05, 4.69) is 137 Å². The van der Waals surface area contributed by atoms with Gasteiger partial charge in [-0.1, -0.05) is 127 Å². The quantitative estimate of drug-likeness (QED) is 0.196. The summed E-state index contributed by atoms with van der Waals surface area (Å²) in [5.41, 5.74) is 7.96. The van der Waals surface area contributed by atoms with Crippen molar-refractivity contribution in [1.29, 1.82) is 0 Å². The Bertz CT molecular complexity index is 2470. The number of fused-ring (bicyclic) bond motifs is 4. The van der Waals surface area contributed by atoms with Gasteiger partial charge in [-0.2, -0.15) is 0 Å². The predicted octanol–water partition coefficient (Wildman–Crippen LogP) is 10.9. The highest BCUT2D eigenvalue weighted by molar-refractivity contribution is 6.21. The minimum Gasteiger partial charge on any atom is -0.276 e. The van der Waals surface area contributed by atoms with E-state index in [1.807, 2.05) is 36.5 Å². The van der Waals surface area contributed by atoms with Crippen LogP contribution in [0.1, 0.15) is 0 Å². The van der Waals surface area contributed by atoms with Gasteiger partial charge < -0.3 is 0 Å². The molecule has 0 aliphatic carbocycles. The van der Waals surface area contributed by atoms with E-state index >= 15 is 0 Å². The lowest BCUT2D eigenvalue weighted by Gasteiger charge is -2.18. The van der Waals surface area contributed by atoms with Gasteiger partial charge in [0.25, 0.3) is 0 Å². The zero-order valence-corrected chi connectivity index (χ0v) is 24.4. The van der Waals surface area contributed by atoms with Gasteiger partial charge >= 0.3 is 0 Å². The largest absolute Gasteiger partial charge is 0.276 e. The molecule has 0 aliphatic rings. The van der Waals surface area contributed by atoms with Crippen LogP contribution in [0, 0.1) is 0 Å². The van der Waals surface area contributed by atoms with Crippen LogP contribution >= 0.6 is 0 Å². The lowest BCUT2D eigenvalue weighted by Crippen LogP contribution is -1.99. The third kappa shape index (κ3) is 4.13. The van der Waals surface area contributed by atoms with Gasteiger partial charge in [-0.3, -0.25) is 4.57 Å². The fraction of sp³-hybridized carbons (Fsp3) is 0. The molecule has 9 aromatic rings. The number of imidazole rings is 1. The zero-order chi connectivity index (χ0) is 29.7. The van der Waals surface area contributed by atoms with Crippen LogP contribution in [0.15, 0.2) is 164 Å². The summed E-state index contributed by atoms with van der Waals surface area (Å²) in [6.45, 7) is 0. The van der Waals surface area contributed by atoms with Crippen molar-refractivity contribution in [2.24, 2.45) is 0 Å². The smallest absolute Gasteiger partial charge is 0.146 e. The second-order valence-electron chi connectivity index (χ2n) is 11.4. The summed E-state index contributed by atoms with van der Waals surface area (Å²) in [6.07, 6.45) is 1.83.